The molecule has 12 aromatic carbocycles. The minimum absolute atomic E-state index is 0.627. The van der Waals surface area contributed by atoms with Crippen LogP contribution in [0.1, 0.15) is 13.8 Å². The second-order valence-electron chi connectivity index (χ2n) is 20.3. The summed E-state index contributed by atoms with van der Waals surface area (Å²) in [6, 6.07) is 98.5. The van der Waals surface area contributed by atoms with E-state index in [1.807, 2.05) is 74.5 Å². The lowest BCUT2D eigenvalue weighted by atomic mass is 9.96. The Hall–Kier alpha value is -10.5. The Morgan fingerprint density at radius 2 is 0.637 bits per heavy atom. The molecule has 0 N–H and O–H groups in total. The standard InChI is InChI=1S/C73H45N5.C2H6/c1-4-18-46(19-5-1)50-25-15-28-55(41-50)77-65-35-13-12-32-59(65)62-43-52(36-38-66(62)77)53-37-39-67-64(44-53)70-61-34-17-33-60-57-30-10-11-31-58(57)63(69(60)61)45-68(70)78(67)56-29-16-26-51(42-56)49-24-14-27-54(40-49)73-75-71(47-20-6-2-7-21-47)74-72(76-73)48-22-8-3-9-23-48;1-2/h1-45H;1-2H3. The second-order valence-corrected chi connectivity index (χ2v) is 20.3. The van der Waals surface area contributed by atoms with Gasteiger partial charge in [0.1, 0.15) is 0 Å². The first-order chi connectivity index (χ1) is 39.7. The van der Waals surface area contributed by atoms with Crippen LogP contribution in [-0.2, 0) is 0 Å². The van der Waals surface area contributed by atoms with E-state index in [4.69, 9.17) is 15.0 Å². The number of para-hydroxylation sites is 1. The van der Waals surface area contributed by atoms with Gasteiger partial charge in [0, 0.05) is 49.6 Å². The number of aromatic nitrogens is 5. The van der Waals surface area contributed by atoms with E-state index in [1.54, 1.807) is 0 Å². The molecule has 0 aliphatic heterocycles. The van der Waals surface area contributed by atoms with E-state index in [2.05, 4.69) is 221 Å². The van der Waals surface area contributed by atoms with Crippen LogP contribution in [0.25, 0.3) is 156 Å². The van der Waals surface area contributed by atoms with Crippen LogP contribution in [0, 0.1) is 0 Å². The molecule has 0 saturated heterocycles. The zero-order valence-corrected chi connectivity index (χ0v) is 44.2. The van der Waals surface area contributed by atoms with Crippen LogP contribution in [0.15, 0.2) is 273 Å². The van der Waals surface area contributed by atoms with Gasteiger partial charge in [0.25, 0.3) is 0 Å². The molecule has 0 saturated carbocycles. The second kappa shape index (κ2) is 19.2. The Morgan fingerprint density at radius 1 is 0.225 bits per heavy atom. The molecule has 0 spiro atoms. The van der Waals surface area contributed by atoms with Gasteiger partial charge in [-0.05, 0) is 133 Å². The summed E-state index contributed by atoms with van der Waals surface area (Å²) in [6.45, 7) is 4.00. The molecule has 1 aliphatic rings. The molecule has 3 heterocycles. The van der Waals surface area contributed by atoms with Crippen molar-refractivity contribution in [3.05, 3.63) is 273 Å². The Kier molecular flexibility index (Phi) is 11.2. The maximum absolute atomic E-state index is 5.08. The largest absolute Gasteiger partial charge is 0.309 e. The molecule has 1 aliphatic carbocycles. The predicted octanol–water partition coefficient (Wildman–Crippen LogP) is 19.9. The first-order valence-electron chi connectivity index (χ1n) is 27.6. The molecule has 5 heteroatoms. The van der Waals surface area contributed by atoms with Gasteiger partial charge in [-0.25, -0.2) is 15.0 Å². The number of hydrogen-bond acceptors (Lipinski definition) is 3. The molecule has 0 amide bonds. The van der Waals surface area contributed by atoms with E-state index >= 15 is 0 Å². The van der Waals surface area contributed by atoms with E-state index < -0.39 is 0 Å². The van der Waals surface area contributed by atoms with Gasteiger partial charge < -0.3 is 9.13 Å². The smallest absolute Gasteiger partial charge is 0.164 e. The fourth-order valence-corrected chi connectivity index (χ4v) is 12.3. The van der Waals surface area contributed by atoms with Gasteiger partial charge in [0.05, 0.1) is 22.1 Å². The zero-order valence-electron chi connectivity index (χ0n) is 44.2. The van der Waals surface area contributed by atoms with Crippen LogP contribution in [-0.4, -0.2) is 24.1 Å². The fraction of sp³-hybridized carbons (Fsp3) is 0.0267. The van der Waals surface area contributed by atoms with Gasteiger partial charge in [0.15, 0.2) is 17.5 Å². The quantitative estimate of drug-likeness (QED) is 0.152. The van der Waals surface area contributed by atoms with Crippen molar-refractivity contribution in [2.45, 2.75) is 13.8 Å². The summed E-state index contributed by atoms with van der Waals surface area (Å²) in [5, 5.41) is 7.50. The molecule has 0 unspecified atom stereocenters. The molecule has 16 rings (SSSR count). The Balaban J connectivity index is 0.00000273. The van der Waals surface area contributed by atoms with E-state index in [1.165, 1.54) is 93.4 Å². The van der Waals surface area contributed by atoms with Crippen molar-refractivity contribution in [3.63, 3.8) is 0 Å². The monoisotopic (exact) mass is 1020 g/mol. The highest BCUT2D eigenvalue weighted by molar-refractivity contribution is 6.29. The third-order valence-corrected chi connectivity index (χ3v) is 15.9. The maximum Gasteiger partial charge on any atom is 0.164 e. The molecule has 0 atom stereocenters. The Bertz CT molecular complexity index is 4840. The third kappa shape index (κ3) is 7.66. The SMILES string of the molecule is CC.c1ccc(-c2cccc(-n3c4ccccc4c4cc(-c5ccc6c(c5)c5c7cccc8c7c(cc5n6-c5cccc(-c6cccc(-c7nc(-c9ccccc9)nc(-c9ccccc9)n7)c6)c5)-c5ccccc5-8)ccc43)c2)cc1. The average molecular weight is 1020 g/mol. The first-order valence-corrected chi connectivity index (χ1v) is 27.6. The molecule has 3 aromatic heterocycles. The van der Waals surface area contributed by atoms with E-state index in [0.717, 1.165) is 44.7 Å². The summed E-state index contributed by atoms with van der Waals surface area (Å²) in [4.78, 5) is 15.1. The van der Waals surface area contributed by atoms with Gasteiger partial charge in [-0.15, -0.1) is 0 Å². The molecule has 0 radical (unpaired) electrons. The summed E-state index contributed by atoms with van der Waals surface area (Å²) in [5.74, 6) is 1.91. The number of benzene rings is 12. The van der Waals surface area contributed by atoms with Crippen molar-refractivity contribution in [1.29, 1.82) is 0 Å². The fourth-order valence-electron chi connectivity index (χ4n) is 12.3. The van der Waals surface area contributed by atoms with Crippen molar-refractivity contribution in [3.8, 4) is 101 Å². The molecule has 15 aromatic rings. The molecule has 0 bridgehead atoms. The van der Waals surface area contributed by atoms with Gasteiger partial charge in [-0.1, -0.05) is 220 Å². The van der Waals surface area contributed by atoms with Crippen molar-refractivity contribution < 1.29 is 0 Å². The molecule has 0 fully saturated rings. The number of rotatable bonds is 8. The minimum Gasteiger partial charge on any atom is -0.309 e. The molecular weight excluding hydrogens is 971 g/mol. The van der Waals surface area contributed by atoms with Crippen molar-refractivity contribution in [2.24, 2.45) is 0 Å². The number of nitrogens with zero attached hydrogens (tertiary/aromatic N) is 5. The number of hydrogen-bond donors (Lipinski definition) is 0. The topological polar surface area (TPSA) is 48.5 Å². The zero-order chi connectivity index (χ0) is 53.3. The van der Waals surface area contributed by atoms with Gasteiger partial charge in [-0.2, -0.15) is 0 Å². The van der Waals surface area contributed by atoms with Gasteiger partial charge in [0.2, 0.25) is 0 Å². The predicted molar refractivity (Wildman–Crippen MR) is 334 cm³/mol. The normalized spacial score (nSPS) is 11.6. The van der Waals surface area contributed by atoms with Gasteiger partial charge in [-0.3, -0.25) is 0 Å². The maximum atomic E-state index is 5.08. The van der Waals surface area contributed by atoms with E-state index in [9.17, 15) is 0 Å². The van der Waals surface area contributed by atoms with Gasteiger partial charge >= 0.3 is 0 Å². The molecule has 5 nitrogen and oxygen atoms in total. The summed E-state index contributed by atoms with van der Waals surface area (Å²) in [5.41, 5.74) is 21.8. The number of fused-ring (bicyclic) bond motifs is 10. The van der Waals surface area contributed by atoms with Crippen molar-refractivity contribution in [1.82, 2.24) is 24.1 Å². The first kappa shape index (κ1) is 46.8. The van der Waals surface area contributed by atoms with E-state index in [0.29, 0.717) is 17.5 Å². The lowest BCUT2D eigenvalue weighted by Crippen LogP contribution is -2.00. The van der Waals surface area contributed by atoms with Crippen molar-refractivity contribution >= 4 is 54.4 Å². The molecule has 80 heavy (non-hydrogen) atoms. The van der Waals surface area contributed by atoms with Crippen LogP contribution in [0.4, 0.5) is 0 Å². The van der Waals surface area contributed by atoms with Crippen LogP contribution >= 0.6 is 0 Å². The minimum atomic E-state index is 0.627. The van der Waals surface area contributed by atoms with Crippen molar-refractivity contribution in [2.75, 3.05) is 0 Å². The molecular formula is C75H51N5. The highest BCUT2D eigenvalue weighted by Gasteiger charge is 2.26. The molecule has 376 valence electrons. The summed E-state index contributed by atoms with van der Waals surface area (Å²) in [7, 11) is 0. The lowest BCUT2D eigenvalue weighted by Gasteiger charge is -2.13. The van der Waals surface area contributed by atoms with E-state index in [-0.39, 0.29) is 0 Å². The third-order valence-electron chi connectivity index (χ3n) is 15.9. The highest BCUT2D eigenvalue weighted by atomic mass is 15.0. The Labute approximate surface area is 464 Å². The van der Waals surface area contributed by atoms with Crippen LogP contribution in [0.5, 0.6) is 0 Å². The van der Waals surface area contributed by atoms with Crippen LogP contribution in [0.3, 0.4) is 0 Å². The van der Waals surface area contributed by atoms with Crippen LogP contribution in [0.2, 0.25) is 0 Å². The summed E-state index contributed by atoms with van der Waals surface area (Å²) in [6.07, 6.45) is 0. The highest BCUT2D eigenvalue weighted by Crippen LogP contribution is 2.52. The summed E-state index contributed by atoms with van der Waals surface area (Å²) < 4.78 is 4.90. The lowest BCUT2D eigenvalue weighted by molar-refractivity contribution is 1.07. The van der Waals surface area contributed by atoms with Crippen LogP contribution < -0.4 is 0 Å². The average Bonchev–Trinajstić information content (AvgIpc) is 4.35. The summed E-state index contributed by atoms with van der Waals surface area (Å²) >= 11 is 0. The Morgan fingerprint density at radius 3 is 1.29 bits per heavy atom.